The third-order valence-electron chi connectivity index (χ3n) is 3.72. The minimum atomic E-state index is -3.22. The molecule has 0 aliphatic carbocycles. The largest absolute Gasteiger partial charge is 0.463 e. The molecular weight excluding hydrogens is 308 g/mol. The van der Waals surface area contributed by atoms with Crippen LogP contribution in [0.4, 0.5) is 0 Å². The first-order chi connectivity index (χ1) is 10.4. The van der Waals surface area contributed by atoms with Crippen LogP contribution in [0.5, 0.6) is 0 Å². The summed E-state index contributed by atoms with van der Waals surface area (Å²) >= 11 is 0. The van der Waals surface area contributed by atoms with Gasteiger partial charge in [-0.15, -0.1) is 0 Å². The van der Waals surface area contributed by atoms with Gasteiger partial charge < -0.3 is 14.3 Å². The predicted molar refractivity (Wildman–Crippen MR) is 81.7 cm³/mol. The number of aliphatic hydroxyl groups excluding tert-OH is 1. The molecule has 2 rings (SSSR count). The van der Waals surface area contributed by atoms with Crippen molar-refractivity contribution in [1.82, 2.24) is 9.21 Å². The van der Waals surface area contributed by atoms with Crippen molar-refractivity contribution in [2.45, 2.75) is 13.1 Å². The Labute approximate surface area is 131 Å². The first-order valence-electron chi connectivity index (χ1n) is 7.28. The zero-order valence-electron chi connectivity index (χ0n) is 13.1. The molecule has 126 valence electrons. The maximum Gasteiger partial charge on any atom is 0.211 e. The van der Waals surface area contributed by atoms with Crippen molar-refractivity contribution in [2.75, 3.05) is 46.2 Å². The summed E-state index contributed by atoms with van der Waals surface area (Å²) in [5.41, 5.74) is 0. The molecule has 0 amide bonds. The fourth-order valence-corrected chi connectivity index (χ4v) is 2.72. The highest BCUT2D eigenvalue weighted by Crippen LogP contribution is 2.15. The molecule has 0 unspecified atom stereocenters. The lowest BCUT2D eigenvalue weighted by Crippen LogP contribution is -2.30. The molecule has 0 spiro atoms. The van der Waals surface area contributed by atoms with Crippen molar-refractivity contribution >= 4 is 10.0 Å². The third kappa shape index (κ3) is 5.06. The number of rotatable bonds is 6. The molecule has 1 aromatic rings. The molecule has 7 nitrogen and oxygen atoms in total. The van der Waals surface area contributed by atoms with Crippen LogP contribution in [-0.4, -0.2) is 68.9 Å². The van der Waals surface area contributed by atoms with Crippen LogP contribution in [0.25, 0.3) is 0 Å². The summed E-state index contributed by atoms with van der Waals surface area (Å²) in [6.45, 7) is 3.73. The van der Waals surface area contributed by atoms with Gasteiger partial charge in [-0.05, 0) is 12.1 Å². The van der Waals surface area contributed by atoms with Gasteiger partial charge >= 0.3 is 0 Å². The van der Waals surface area contributed by atoms with Crippen molar-refractivity contribution in [3.63, 3.8) is 0 Å². The van der Waals surface area contributed by atoms with Gasteiger partial charge in [0.15, 0.2) is 0 Å². The molecule has 1 atom stereocenters. The molecule has 8 heteroatoms. The Morgan fingerprint density at radius 2 is 2.14 bits per heavy atom. The van der Waals surface area contributed by atoms with Crippen molar-refractivity contribution in [1.29, 1.82) is 0 Å². The molecule has 0 radical (unpaired) electrons. The van der Waals surface area contributed by atoms with Gasteiger partial charge in [0.05, 0.1) is 32.6 Å². The second-order valence-electron chi connectivity index (χ2n) is 5.75. The first kappa shape index (κ1) is 17.4. The summed E-state index contributed by atoms with van der Waals surface area (Å²) in [6, 6.07) is 3.67. The van der Waals surface area contributed by atoms with Crippen LogP contribution in [0, 0.1) is 5.92 Å². The van der Waals surface area contributed by atoms with E-state index in [4.69, 9.17) is 9.15 Å². The lowest BCUT2D eigenvalue weighted by molar-refractivity contribution is 0.0957. The van der Waals surface area contributed by atoms with Crippen LogP contribution in [0.1, 0.15) is 11.5 Å². The van der Waals surface area contributed by atoms with E-state index in [1.54, 1.807) is 6.07 Å². The zero-order chi connectivity index (χ0) is 16.2. The van der Waals surface area contributed by atoms with Gasteiger partial charge in [-0.25, -0.2) is 8.42 Å². The summed E-state index contributed by atoms with van der Waals surface area (Å²) in [4.78, 5) is 2.18. The van der Waals surface area contributed by atoms with E-state index in [0.29, 0.717) is 25.5 Å². The minimum absolute atomic E-state index is 0.110. The summed E-state index contributed by atoms with van der Waals surface area (Å²) in [5.74, 6) is 1.52. The van der Waals surface area contributed by atoms with E-state index in [-0.39, 0.29) is 19.1 Å². The molecule has 1 fully saturated rings. The number of hydrogen-bond acceptors (Lipinski definition) is 6. The molecular formula is C14H24N2O5S. The highest BCUT2D eigenvalue weighted by molar-refractivity contribution is 7.88. The third-order valence-corrected chi connectivity index (χ3v) is 4.98. The van der Waals surface area contributed by atoms with E-state index in [1.807, 2.05) is 6.07 Å². The first-order valence-corrected chi connectivity index (χ1v) is 9.13. The van der Waals surface area contributed by atoms with Crippen molar-refractivity contribution < 1.29 is 22.7 Å². The molecule has 1 saturated heterocycles. The Kier molecular flexibility index (Phi) is 5.99. The van der Waals surface area contributed by atoms with Gasteiger partial charge in [0.2, 0.25) is 10.0 Å². The van der Waals surface area contributed by atoms with E-state index in [0.717, 1.165) is 18.8 Å². The van der Waals surface area contributed by atoms with Gasteiger partial charge in [-0.1, -0.05) is 0 Å². The predicted octanol–water partition coefficient (Wildman–Crippen LogP) is 0.112. The van der Waals surface area contributed by atoms with E-state index in [1.165, 1.54) is 17.6 Å². The molecule has 1 N–H and O–H groups in total. The Bertz CT molecular complexity index is 572. The molecule has 0 bridgehead atoms. The van der Waals surface area contributed by atoms with Crippen LogP contribution < -0.4 is 0 Å². The number of hydrogen-bond donors (Lipinski definition) is 1. The number of sulfonamides is 1. The summed E-state index contributed by atoms with van der Waals surface area (Å²) < 4.78 is 35.2. The summed E-state index contributed by atoms with van der Waals surface area (Å²) in [6.07, 6.45) is 1.17. The zero-order valence-corrected chi connectivity index (χ0v) is 13.9. The van der Waals surface area contributed by atoms with Crippen LogP contribution in [0.15, 0.2) is 16.5 Å². The monoisotopic (exact) mass is 332 g/mol. The van der Waals surface area contributed by atoms with E-state index in [2.05, 4.69) is 4.90 Å². The minimum Gasteiger partial charge on any atom is -0.463 e. The topological polar surface area (TPSA) is 83.2 Å². The van der Waals surface area contributed by atoms with E-state index in [9.17, 15) is 13.5 Å². The molecule has 0 aromatic carbocycles. The normalized spacial score (nSPS) is 21.2. The van der Waals surface area contributed by atoms with Crippen LogP contribution >= 0.6 is 0 Å². The molecule has 0 saturated carbocycles. The Hall–Kier alpha value is -0.930. The molecule has 1 aromatic heterocycles. The number of nitrogens with zero attached hydrogens (tertiary/aromatic N) is 2. The van der Waals surface area contributed by atoms with Gasteiger partial charge in [0.1, 0.15) is 11.5 Å². The Morgan fingerprint density at radius 3 is 2.82 bits per heavy atom. The van der Waals surface area contributed by atoms with E-state index >= 15 is 0 Å². The maximum absolute atomic E-state index is 11.4. The lowest BCUT2D eigenvalue weighted by atomic mass is 10.1. The average Bonchev–Trinajstić information content (AvgIpc) is 2.74. The van der Waals surface area contributed by atoms with Gasteiger partial charge in [0, 0.05) is 32.7 Å². The van der Waals surface area contributed by atoms with Crippen molar-refractivity contribution in [3.05, 3.63) is 23.7 Å². The van der Waals surface area contributed by atoms with Crippen LogP contribution in [-0.2, 0) is 27.8 Å². The van der Waals surface area contributed by atoms with E-state index < -0.39 is 10.0 Å². The molecule has 2 heterocycles. The second-order valence-corrected chi connectivity index (χ2v) is 7.84. The molecule has 1 aliphatic rings. The highest BCUT2D eigenvalue weighted by Gasteiger charge is 2.19. The number of ether oxygens (including phenoxy) is 1. The Balaban J connectivity index is 1.93. The smallest absolute Gasteiger partial charge is 0.211 e. The van der Waals surface area contributed by atoms with Crippen LogP contribution in [0.2, 0.25) is 0 Å². The van der Waals surface area contributed by atoms with Crippen molar-refractivity contribution in [3.8, 4) is 0 Å². The molecule has 22 heavy (non-hydrogen) atoms. The second kappa shape index (κ2) is 7.56. The maximum atomic E-state index is 11.4. The SMILES string of the molecule is CN(Cc1ccc(CN2CCOC[C@H](CO)C2)o1)S(C)(=O)=O. The standard InChI is InChI=1S/C14H24N2O5S/c1-15(22(2,18)19)8-13-3-4-14(21-13)9-16-5-6-20-11-12(7-16)10-17/h3-4,12,17H,5-11H2,1-2H3/t12-/m0/s1. The summed E-state index contributed by atoms with van der Waals surface area (Å²) in [7, 11) is -1.69. The quantitative estimate of drug-likeness (QED) is 0.796. The summed E-state index contributed by atoms with van der Waals surface area (Å²) in [5, 5.41) is 9.29. The fraction of sp³-hybridized carbons (Fsp3) is 0.714. The van der Waals surface area contributed by atoms with Crippen molar-refractivity contribution in [2.24, 2.45) is 5.92 Å². The highest BCUT2D eigenvalue weighted by atomic mass is 32.2. The number of aliphatic hydroxyl groups is 1. The van der Waals surface area contributed by atoms with Gasteiger partial charge in [-0.3, -0.25) is 4.90 Å². The average molecular weight is 332 g/mol. The molecule has 1 aliphatic heterocycles. The van der Waals surface area contributed by atoms with Gasteiger partial charge in [-0.2, -0.15) is 4.31 Å². The Morgan fingerprint density at radius 1 is 1.41 bits per heavy atom. The lowest BCUT2D eigenvalue weighted by Gasteiger charge is -2.21. The van der Waals surface area contributed by atoms with Gasteiger partial charge in [0.25, 0.3) is 0 Å². The fourth-order valence-electron chi connectivity index (χ4n) is 2.36. The number of furan rings is 1. The van der Waals surface area contributed by atoms with Crippen LogP contribution in [0.3, 0.4) is 0 Å².